The molecular formula is C22H16F4O. The summed E-state index contributed by atoms with van der Waals surface area (Å²) in [5.74, 6) is -5.13. The van der Waals surface area contributed by atoms with Gasteiger partial charge in [-0.25, -0.2) is 13.2 Å². The van der Waals surface area contributed by atoms with Crippen molar-refractivity contribution < 1.29 is 22.7 Å². The van der Waals surface area contributed by atoms with Crippen molar-refractivity contribution in [2.75, 3.05) is 0 Å². The van der Waals surface area contributed by atoms with E-state index in [9.17, 15) is 22.7 Å². The lowest BCUT2D eigenvalue weighted by atomic mass is 9.97. The largest absolute Gasteiger partial charge is 0.505 e. The Morgan fingerprint density at radius 3 is 1.78 bits per heavy atom. The lowest BCUT2D eigenvalue weighted by Crippen LogP contribution is -1.97. The van der Waals surface area contributed by atoms with E-state index in [2.05, 4.69) is 6.58 Å². The van der Waals surface area contributed by atoms with E-state index in [0.717, 1.165) is 6.07 Å². The number of hydrogen-bond acceptors (Lipinski definition) is 1. The molecule has 0 radical (unpaired) electrons. The first kappa shape index (κ1) is 18.7. The fourth-order valence-corrected chi connectivity index (χ4v) is 2.85. The van der Waals surface area contributed by atoms with Crippen LogP contribution in [0.5, 0.6) is 5.75 Å². The van der Waals surface area contributed by atoms with Gasteiger partial charge in [-0.2, -0.15) is 4.39 Å². The van der Waals surface area contributed by atoms with Gasteiger partial charge in [-0.1, -0.05) is 42.5 Å². The highest BCUT2D eigenvalue weighted by molar-refractivity contribution is 5.71. The van der Waals surface area contributed by atoms with Crippen LogP contribution >= 0.6 is 0 Å². The van der Waals surface area contributed by atoms with Crippen molar-refractivity contribution in [3.05, 3.63) is 90.0 Å². The molecule has 138 valence electrons. The Balaban J connectivity index is 1.96. The Bertz CT molecular complexity index is 994. The number of allylic oxidation sites excluding steroid dienone is 1. The topological polar surface area (TPSA) is 20.2 Å². The number of phenols is 1. The Morgan fingerprint density at radius 1 is 0.704 bits per heavy atom. The summed E-state index contributed by atoms with van der Waals surface area (Å²) in [5.41, 5.74) is 1.07. The molecule has 0 bridgehead atoms. The Kier molecular flexibility index (Phi) is 5.31. The fourth-order valence-electron chi connectivity index (χ4n) is 2.85. The Labute approximate surface area is 154 Å². The van der Waals surface area contributed by atoms with E-state index in [1.807, 2.05) is 0 Å². The lowest BCUT2D eigenvalue weighted by Gasteiger charge is -2.10. The van der Waals surface area contributed by atoms with E-state index in [0.29, 0.717) is 24.0 Å². The average molecular weight is 372 g/mol. The molecule has 0 amide bonds. The molecule has 3 aromatic rings. The molecule has 27 heavy (non-hydrogen) atoms. The molecule has 0 heterocycles. The van der Waals surface area contributed by atoms with Crippen LogP contribution in [-0.4, -0.2) is 5.11 Å². The van der Waals surface area contributed by atoms with E-state index < -0.39 is 29.0 Å². The van der Waals surface area contributed by atoms with E-state index in [4.69, 9.17) is 0 Å². The van der Waals surface area contributed by atoms with E-state index in [1.165, 1.54) is 42.5 Å². The van der Waals surface area contributed by atoms with Gasteiger partial charge in [-0.15, -0.1) is 6.58 Å². The third-order valence-electron chi connectivity index (χ3n) is 4.35. The third-order valence-corrected chi connectivity index (χ3v) is 4.35. The summed E-state index contributed by atoms with van der Waals surface area (Å²) >= 11 is 0. The highest BCUT2D eigenvalue weighted by Crippen LogP contribution is 2.32. The molecule has 0 aliphatic carbocycles. The molecule has 1 N–H and O–H groups in total. The number of halogens is 4. The van der Waals surface area contributed by atoms with Crippen molar-refractivity contribution in [3.8, 4) is 28.0 Å². The molecule has 0 aromatic heterocycles. The second-order valence-electron chi connectivity index (χ2n) is 6.07. The zero-order valence-corrected chi connectivity index (χ0v) is 14.3. The summed E-state index contributed by atoms with van der Waals surface area (Å²) in [4.78, 5) is 0. The van der Waals surface area contributed by atoms with Crippen LogP contribution in [0.2, 0.25) is 0 Å². The van der Waals surface area contributed by atoms with Crippen LogP contribution in [0.3, 0.4) is 0 Å². The molecule has 3 rings (SSSR count). The van der Waals surface area contributed by atoms with Gasteiger partial charge in [-0.3, -0.25) is 0 Å². The molecule has 0 unspecified atom stereocenters. The molecule has 0 atom stereocenters. The van der Waals surface area contributed by atoms with Crippen LogP contribution in [0, 0.1) is 23.3 Å². The van der Waals surface area contributed by atoms with Gasteiger partial charge in [-0.05, 0) is 41.7 Å². The predicted molar refractivity (Wildman–Crippen MR) is 97.3 cm³/mol. The van der Waals surface area contributed by atoms with Gasteiger partial charge >= 0.3 is 0 Å². The number of hydrogen-bond donors (Lipinski definition) is 1. The van der Waals surface area contributed by atoms with Crippen molar-refractivity contribution >= 4 is 0 Å². The highest BCUT2D eigenvalue weighted by atomic mass is 19.2. The molecule has 3 aromatic carbocycles. The van der Waals surface area contributed by atoms with Crippen molar-refractivity contribution in [1.82, 2.24) is 0 Å². The first-order valence-electron chi connectivity index (χ1n) is 8.29. The molecule has 0 spiro atoms. The smallest absolute Gasteiger partial charge is 0.200 e. The van der Waals surface area contributed by atoms with Gasteiger partial charge in [0.1, 0.15) is 0 Å². The summed E-state index contributed by atoms with van der Waals surface area (Å²) < 4.78 is 56.2. The Morgan fingerprint density at radius 2 is 1.22 bits per heavy atom. The quantitative estimate of drug-likeness (QED) is 0.406. The number of aromatic hydroxyl groups is 1. The summed E-state index contributed by atoms with van der Waals surface area (Å²) in [6, 6.07) is 11.3. The predicted octanol–water partition coefficient (Wildman–Crippen LogP) is 6.40. The van der Waals surface area contributed by atoms with Gasteiger partial charge in [0.15, 0.2) is 23.2 Å². The monoisotopic (exact) mass is 372 g/mol. The minimum absolute atomic E-state index is 0.0386. The first-order valence-corrected chi connectivity index (χ1v) is 8.29. The summed E-state index contributed by atoms with van der Waals surface area (Å²) in [6.07, 6.45) is 2.53. The van der Waals surface area contributed by atoms with Crippen LogP contribution in [0.4, 0.5) is 17.6 Å². The fraction of sp³-hybridized carbons (Fsp3) is 0.0909. The van der Waals surface area contributed by atoms with Crippen LogP contribution in [0.15, 0.2) is 61.2 Å². The van der Waals surface area contributed by atoms with Gasteiger partial charge in [0, 0.05) is 11.1 Å². The van der Waals surface area contributed by atoms with Crippen LogP contribution in [0.25, 0.3) is 22.3 Å². The van der Waals surface area contributed by atoms with Crippen molar-refractivity contribution in [3.63, 3.8) is 0 Å². The minimum Gasteiger partial charge on any atom is -0.505 e. The molecular weight excluding hydrogens is 356 g/mol. The van der Waals surface area contributed by atoms with Crippen molar-refractivity contribution in [1.29, 1.82) is 0 Å². The average Bonchev–Trinajstić information content (AvgIpc) is 2.68. The maximum absolute atomic E-state index is 14.4. The van der Waals surface area contributed by atoms with Gasteiger partial charge in [0.25, 0.3) is 0 Å². The standard InChI is InChI=1S/C22H16F4O/c1-2-3-4-15-9-10-16(20(24)19(15)23)13-5-7-14(8-6-13)17-11-12-18(27)22(26)21(17)25/h2,5-12,27H,1,3-4H2. The van der Waals surface area contributed by atoms with Gasteiger partial charge < -0.3 is 5.11 Å². The van der Waals surface area contributed by atoms with Gasteiger partial charge in [0.05, 0.1) is 0 Å². The molecule has 0 fully saturated rings. The molecule has 0 aliphatic rings. The normalized spacial score (nSPS) is 10.8. The SMILES string of the molecule is C=CCCc1ccc(-c2ccc(-c3ccc(O)c(F)c3F)cc2)c(F)c1F. The second-order valence-corrected chi connectivity index (χ2v) is 6.07. The van der Waals surface area contributed by atoms with E-state index in [1.54, 1.807) is 6.08 Å². The molecule has 1 nitrogen and oxygen atoms in total. The highest BCUT2D eigenvalue weighted by Gasteiger charge is 2.16. The van der Waals surface area contributed by atoms with Crippen LogP contribution in [-0.2, 0) is 6.42 Å². The minimum atomic E-state index is -1.33. The zero-order valence-electron chi connectivity index (χ0n) is 14.3. The second kappa shape index (κ2) is 7.66. The molecule has 5 heteroatoms. The number of rotatable bonds is 5. The summed E-state index contributed by atoms with van der Waals surface area (Å²) in [7, 11) is 0. The summed E-state index contributed by atoms with van der Waals surface area (Å²) in [5, 5.41) is 9.20. The third kappa shape index (κ3) is 3.58. The van der Waals surface area contributed by atoms with Crippen molar-refractivity contribution in [2.45, 2.75) is 12.8 Å². The lowest BCUT2D eigenvalue weighted by molar-refractivity contribution is 0.408. The molecule has 0 saturated heterocycles. The molecule has 0 saturated carbocycles. The first-order chi connectivity index (χ1) is 12.9. The van der Waals surface area contributed by atoms with Gasteiger partial charge in [0.2, 0.25) is 5.82 Å². The molecule has 0 aliphatic heterocycles. The Hall–Kier alpha value is -3.08. The zero-order chi connectivity index (χ0) is 19.6. The van der Waals surface area contributed by atoms with Crippen molar-refractivity contribution in [2.24, 2.45) is 0 Å². The number of phenolic OH excluding ortho intramolecular Hbond substituents is 1. The number of benzene rings is 3. The van der Waals surface area contributed by atoms with E-state index >= 15 is 0 Å². The number of aryl methyl sites for hydroxylation is 1. The maximum atomic E-state index is 14.4. The van der Waals surface area contributed by atoms with E-state index in [-0.39, 0.29) is 16.7 Å². The van der Waals surface area contributed by atoms with Crippen LogP contribution in [0.1, 0.15) is 12.0 Å². The summed E-state index contributed by atoms with van der Waals surface area (Å²) in [6.45, 7) is 3.56. The van der Waals surface area contributed by atoms with Crippen LogP contribution < -0.4 is 0 Å². The maximum Gasteiger partial charge on any atom is 0.200 e.